The van der Waals surface area contributed by atoms with Crippen molar-refractivity contribution in [3.63, 3.8) is 0 Å². The highest BCUT2D eigenvalue weighted by Gasteiger charge is 2.55. The van der Waals surface area contributed by atoms with E-state index in [9.17, 15) is 19.2 Å². The Morgan fingerprint density at radius 3 is 2.65 bits per heavy atom. The maximum atomic E-state index is 13.5. The van der Waals surface area contributed by atoms with Crippen LogP contribution in [-0.2, 0) is 20.7 Å². The normalized spacial score (nSPS) is 20.4. The lowest BCUT2D eigenvalue weighted by Crippen LogP contribution is -2.70. The average Bonchev–Trinajstić information content (AvgIpc) is 2.98. The van der Waals surface area contributed by atoms with E-state index >= 15 is 0 Å². The Hall–Kier alpha value is -3.95. The van der Waals surface area contributed by atoms with E-state index < -0.39 is 24.1 Å². The molecule has 3 heterocycles. The van der Waals surface area contributed by atoms with E-state index in [2.05, 4.69) is 34.7 Å². The van der Waals surface area contributed by atoms with Crippen molar-refractivity contribution < 1.29 is 23.9 Å². The highest BCUT2D eigenvalue weighted by Crippen LogP contribution is 2.34. The van der Waals surface area contributed by atoms with Gasteiger partial charge in [0.1, 0.15) is 11.9 Å². The summed E-state index contributed by atoms with van der Waals surface area (Å²) >= 11 is 0. The first-order chi connectivity index (χ1) is 19.4. The number of β-lactam (4-membered cyclic amide) rings is 1. The molecule has 2 aliphatic heterocycles. The molecular formula is C30H39N5O5. The summed E-state index contributed by atoms with van der Waals surface area (Å²) in [5.74, 6) is -0.964. The Balaban J connectivity index is 1.38. The van der Waals surface area contributed by atoms with Gasteiger partial charge in [-0.2, -0.15) is 0 Å². The number of benzene rings is 1. The number of nitrogens with zero attached hydrogens (tertiary/aromatic N) is 3. The number of pyridine rings is 1. The number of carbonyl (C=O) groups excluding carboxylic acids is 4. The molecule has 1 aromatic heterocycles. The number of likely N-dealkylation sites (N-methyl/N-ethyl adjacent to an activating group) is 1. The van der Waals surface area contributed by atoms with Gasteiger partial charge in [0.2, 0.25) is 11.8 Å². The Kier molecular flexibility index (Phi) is 10.1. The Morgan fingerprint density at radius 1 is 1.10 bits per heavy atom. The lowest BCUT2D eigenvalue weighted by molar-refractivity contribution is -0.158. The van der Waals surface area contributed by atoms with Crippen molar-refractivity contribution in [3.05, 3.63) is 59.8 Å². The van der Waals surface area contributed by atoms with E-state index in [1.54, 1.807) is 17.0 Å². The zero-order chi connectivity index (χ0) is 28.5. The quantitative estimate of drug-likeness (QED) is 0.336. The fourth-order valence-electron chi connectivity index (χ4n) is 5.47. The van der Waals surface area contributed by atoms with Gasteiger partial charge in [0.15, 0.2) is 0 Å². The molecule has 4 rings (SSSR count). The van der Waals surface area contributed by atoms with Crippen molar-refractivity contribution in [2.75, 3.05) is 32.1 Å². The van der Waals surface area contributed by atoms with Crippen LogP contribution in [0, 0.1) is 5.92 Å². The van der Waals surface area contributed by atoms with Crippen molar-refractivity contribution in [2.45, 2.75) is 63.8 Å². The minimum atomic E-state index is -0.903. The van der Waals surface area contributed by atoms with Crippen molar-refractivity contribution in [3.8, 4) is 0 Å². The van der Waals surface area contributed by atoms with Gasteiger partial charge in [0.05, 0.1) is 12.5 Å². The molecule has 0 saturated carbocycles. The van der Waals surface area contributed by atoms with E-state index in [4.69, 9.17) is 4.74 Å². The number of urea groups is 1. The van der Waals surface area contributed by atoms with Crippen LogP contribution in [0.2, 0.25) is 0 Å². The van der Waals surface area contributed by atoms with Gasteiger partial charge in [-0.25, -0.2) is 14.6 Å². The topological polar surface area (TPSA) is 121 Å². The Bertz CT molecular complexity index is 1190. The van der Waals surface area contributed by atoms with Crippen LogP contribution < -0.4 is 10.6 Å². The van der Waals surface area contributed by atoms with Gasteiger partial charge < -0.3 is 15.0 Å². The zero-order valence-electron chi connectivity index (χ0n) is 23.3. The number of anilines is 1. The van der Waals surface area contributed by atoms with Gasteiger partial charge in [0.25, 0.3) is 0 Å². The van der Waals surface area contributed by atoms with Crippen LogP contribution in [-0.4, -0.2) is 71.5 Å². The molecule has 0 unspecified atom stereocenters. The molecule has 10 heteroatoms. The number of ether oxygens (including phenoxy) is 1. The fourth-order valence-corrected chi connectivity index (χ4v) is 5.47. The standard InChI is InChI=1S/C30H39N5O5/c1-3-4-5-9-17-40-29(38)33-25-19-21(14-15-32-25)18-24-26(27(36)31-2)35(28(24)37)30(39)34-16-10-13-23(20-34)22-11-7-6-8-12-22/h6-8,11-12,14-15,19,23-24,26H,3-5,9-10,13,16-18,20H2,1-2H3,(H,31,36)(H,32,33,38)/t23-,24-,26+/m1/s1. The second-order valence-corrected chi connectivity index (χ2v) is 10.4. The predicted molar refractivity (Wildman–Crippen MR) is 151 cm³/mol. The maximum absolute atomic E-state index is 13.5. The van der Waals surface area contributed by atoms with Gasteiger partial charge in [0, 0.05) is 32.3 Å². The second kappa shape index (κ2) is 13.9. The van der Waals surface area contributed by atoms with E-state index in [0.29, 0.717) is 25.5 Å². The van der Waals surface area contributed by atoms with E-state index in [1.165, 1.54) is 13.2 Å². The summed E-state index contributed by atoms with van der Waals surface area (Å²) in [5.41, 5.74) is 1.88. The molecule has 10 nitrogen and oxygen atoms in total. The number of likely N-dealkylation sites (tertiary alicyclic amines) is 2. The summed E-state index contributed by atoms with van der Waals surface area (Å²) in [7, 11) is 1.50. The third-order valence-corrected chi connectivity index (χ3v) is 7.64. The highest BCUT2D eigenvalue weighted by atomic mass is 16.5. The number of piperidine rings is 1. The SMILES string of the molecule is CCCCCCOC(=O)Nc1cc(C[C@H]2C(=O)N(C(=O)N3CCC[C@@H](c4ccccc4)C3)[C@@H]2C(=O)NC)ccn1. The first-order valence-corrected chi connectivity index (χ1v) is 14.2. The number of hydrogen-bond acceptors (Lipinski definition) is 6. The number of carbonyl (C=O) groups is 4. The average molecular weight is 550 g/mol. The fraction of sp³-hybridized carbons (Fsp3) is 0.500. The maximum Gasteiger partial charge on any atom is 0.412 e. The predicted octanol–water partition coefficient (Wildman–Crippen LogP) is 4.33. The number of hydrogen-bond donors (Lipinski definition) is 2. The lowest BCUT2D eigenvalue weighted by atomic mass is 9.82. The minimum Gasteiger partial charge on any atom is -0.449 e. The summed E-state index contributed by atoms with van der Waals surface area (Å²) in [6.07, 6.45) is 6.98. The molecule has 0 radical (unpaired) electrons. The first-order valence-electron chi connectivity index (χ1n) is 14.2. The van der Waals surface area contributed by atoms with Crippen LogP contribution in [0.1, 0.15) is 62.5 Å². The number of nitrogens with one attached hydrogen (secondary N) is 2. The van der Waals surface area contributed by atoms with Crippen LogP contribution in [0.5, 0.6) is 0 Å². The van der Waals surface area contributed by atoms with Crippen molar-refractivity contribution in [1.29, 1.82) is 0 Å². The summed E-state index contributed by atoms with van der Waals surface area (Å²) in [6, 6.07) is 12.1. The number of unbranched alkanes of at least 4 members (excludes halogenated alkanes) is 3. The third kappa shape index (κ3) is 6.97. The van der Waals surface area contributed by atoms with E-state index in [0.717, 1.165) is 54.6 Å². The molecule has 3 atom stereocenters. The summed E-state index contributed by atoms with van der Waals surface area (Å²) < 4.78 is 5.21. The summed E-state index contributed by atoms with van der Waals surface area (Å²) in [6.45, 7) is 3.51. The lowest BCUT2D eigenvalue weighted by Gasteiger charge is -2.47. The molecule has 1 aromatic carbocycles. The van der Waals surface area contributed by atoms with Crippen LogP contribution in [0.4, 0.5) is 15.4 Å². The molecule has 2 aliphatic rings. The largest absolute Gasteiger partial charge is 0.449 e. The number of amides is 5. The summed E-state index contributed by atoms with van der Waals surface area (Å²) in [4.78, 5) is 58.7. The highest BCUT2D eigenvalue weighted by molar-refractivity contribution is 6.09. The van der Waals surface area contributed by atoms with Gasteiger partial charge >= 0.3 is 12.1 Å². The number of aromatic nitrogens is 1. The van der Waals surface area contributed by atoms with E-state index in [-0.39, 0.29) is 24.2 Å². The molecule has 0 aliphatic carbocycles. The number of rotatable bonds is 10. The summed E-state index contributed by atoms with van der Waals surface area (Å²) in [5, 5.41) is 5.22. The van der Waals surface area contributed by atoms with Crippen LogP contribution >= 0.6 is 0 Å². The molecule has 214 valence electrons. The molecule has 2 N–H and O–H groups in total. The monoisotopic (exact) mass is 549 g/mol. The molecule has 2 saturated heterocycles. The smallest absolute Gasteiger partial charge is 0.412 e. The molecule has 2 aromatic rings. The van der Waals surface area contributed by atoms with Gasteiger partial charge in [-0.15, -0.1) is 0 Å². The van der Waals surface area contributed by atoms with Gasteiger partial charge in [-0.1, -0.05) is 56.5 Å². The molecule has 5 amide bonds. The van der Waals surface area contributed by atoms with Gasteiger partial charge in [-0.05, 0) is 48.9 Å². The molecule has 2 fully saturated rings. The van der Waals surface area contributed by atoms with Crippen LogP contribution in [0.3, 0.4) is 0 Å². The van der Waals surface area contributed by atoms with Crippen molar-refractivity contribution in [2.24, 2.45) is 5.92 Å². The molecule has 40 heavy (non-hydrogen) atoms. The third-order valence-electron chi connectivity index (χ3n) is 7.64. The van der Waals surface area contributed by atoms with E-state index in [1.807, 2.05) is 18.2 Å². The van der Waals surface area contributed by atoms with Crippen molar-refractivity contribution in [1.82, 2.24) is 20.1 Å². The Labute approximate surface area is 235 Å². The minimum absolute atomic E-state index is 0.190. The van der Waals surface area contributed by atoms with Crippen LogP contribution in [0.25, 0.3) is 0 Å². The first kappa shape index (κ1) is 29.0. The molecule has 0 bridgehead atoms. The van der Waals surface area contributed by atoms with Gasteiger partial charge in [-0.3, -0.25) is 19.8 Å². The Morgan fingerprint density at radius 2 is 1.90 bits per heavy atom. The second-order valence-electron chi connectivity index (χ2n) is 10.4. The molecule has 0 spiro atoms. The molecular weight excluding hydrogens is 510 g/mol. The number of imide groups is 1. The van der Waals surface area contributed by atoms with Crippen molar-refractivity contribution >= 4 is 29.8 Å². The van der Waals surface area contributed by atoms with Crippen LogP contribution in [0.15, 0.2) is 48.7 Å². The zero-order valence-corrected chi connectivity index (χ0v) is 23.3.